The second-order valence-corrected chi connectivity index (χ2v) is 6.67. The molecule has 1 N–H and O–H groups in total. The fraction of sp³-hybridized carbons (Fsp3) is 0.190. The Kier molecular flexibility index (Phi) is 6.19. The lowest BCUT2D eigenvalue weighted by Gasteiger charge is -2.21. The minimum Gasteiger partial charge on any atom is -0.451 e. The molecule has 0 saturated heterocycles. The molecule has 2 aromatic carbocycles. The third-order valence-electron chi connectivity index (χ3n) is 4.51. The maximum absolute atomic E-state index is 12.5. The first-order valence-electron chi connectivity index (χ1n) is 9.13. The summed E-state index contributed by atoms with van der Waals surface area (Å²) in [5, 5.41) is 13.8. The smallest absolute Gasteiger partial charge is 0.291 e. The van der Waals surface area contributed by atoms with Crippen molar-refractivity contribution in [1.29, 1.82) is 0 Å². The Morgan fingerprint density at radius 2 is 1.79 bits per heavy atom. The van der Waals surface area contributed by atoms with Crippen molar-refractivity contribution in [3.05, 3.63) is 75.5 Å². The molecule has 0 spiro atoms. The molecule has 29 heavy (non-hydrogen) atoms. The van der Waals surface area contributed by atoms with Gasteiger partial charge in [-0.05, 0) is 56.3 Å². The van der Waals surface area contributed by atoms with E-state index in [2.05, 4.69) is 24.1 Å². The predicted molar refractivity (Wildman–Crippen MR) is 114 cm³/mol. The van der Waals surface area contributed by atoms with Gasteiger partial charge in [0.15, 0.2) is 5.76 Å². The van der Waals surface area contributed by atoms with Crippen molar-refractivity contribution in [2.24, 2.45) is 0 Å². The summed E-state index contributed by atoms with van der Waals surface area (Å²) in [6.07, 6.45) is 0. The lowest BCUT2D eigenvalue weighted by atomic mass is 10.1. The van der Waals surface area contributed by atoms with Crippen LogP contribution in [0, 0.1) is 10.1 Å². The third kappa shape index (κ3) is 4.57. The van der Waals surface area contributed by atoms with E-state index in [9.17, 15) is 14.9 Å². The number of carbonyl (C=O) groups is 1. The van der Waals surface area contributed by atoms with Crippen LogP contribution in [-0.2, 0) is 0 Å². The molecule has 1 heterocycles. The van der Waals surface area contributed by atoms with Crippen molar-refractivity contribution in [2.75, 3.05) is 23.3 Å². The monoisotopic (exact) mass is 413 g/mol. The van der Waals surface area contributed by atoms with E-state index in [1.54, 1.807) is 6.07 Å². The minimum atomic E-state index is -0.526. The second kappa shape index (κ2) is 8.79. The van der Waals surface area contributed by atoms with Crippen LogP contribution in [0.2, 0.25) is 5.02 Å². The molecular formula is C21H20ClN3O4. The fourth-order valence-corrected chi connectivity index (χ4v) is 3.23. The van der Waals surface area contributed by atoms with Gasteiger partial charge in [-0.15, -0.1) is 0 Å². The topological polar surface area (TPSA) is 88.6 Å². The average molecular weight is 414 g/mol. The Labute approximate surface area is 173 Å². The van der Waals surface area contributed by atoms with Crippen LogP contribution < -0.4 is 10.2 Å². The van der Waals surface area contributed by atoms with Crippen molar-refractivity contribution in [3.8, 4) is 11.3 Å². The van der Waals surface area contributed by atoms with E-state index < -0.39 is 10.8 Å². The summed E-state index contributed by atoms with van der Waals surface area (Å²) in [7, 11) is 0. The first-order valence-corrected chi connectivity index (χ1v) is 9.51. The van der Waals surface area contributed by atoms with Crippen molar-refractivity contribution in [2.45, 2.75) is 13.8 Å². The predicted octanol–water partition coefficient (Wildman–Crippen LogP) is 5.61. The normalized spacial score (nSPS) is 10.6. The molecule has 3 rings (SSSR count). The molecule has 0 unspecified atom stereocenters. The Hall–Kier alpha value is -3.32. The number of nitro groups is 1. The Morgan fingerprint density at radius 1 is 1.10 bits per heavy atom. The zero-order chi connectivity index (χ0) is 21.0. The Balaban J connectivity index is 1.73. The number of nitro benzene ring substituents is 1. The van der Waals surface area contributed by atoms with Gasteiger partial charge >= 0.3 is 0 Å². The molecule has 8 heteroatoms. The molecule has 0 aliphatic carbocycles. The van der Waals surface area contributed by atoms with Crippen LogP contribution in [-0.4, -0.2) is 23.9 Å². The van der Waals surface area contributed by atoms with Gasteiger partial charge in [-0.1, -0.05) is 11.6 Å². The lowest BCUT2D eigenvalue weighted by Crippen LogP contribution is -2.21. The number of carbonyl (C=O) groups excluding carboxylic acids is 1. The summed E-state index contributed by atoms with van der Waals surface area (Å²) in [5.41, 5.74) is 2.09. The molecule has 0 fully saturated rings. The van der Waals surface area contributed by atoms with E-state index in [-0.39, 0.29) is 16.5 Å². The van der Waals surface area contributed by atoms with Gasteiger partial charge in [-0.25, -0.2) is 0 Å². The number of hydrogen-bond acceptors (Lipinski definition) is 5. The summed E-state index contributed by atoms with van der Waals surface area (Å²) >= 11 is 6.12. The van der Waals surface area contributed by atoms with Crippen molar-refractivity contribution < 1.29 is 14.1 Å². The fourth-order valence-electron chi connectivity index (χ4n) is 2.96. The third-order valence-corrected chi connectivity index (χ3v) is 4.83. The van der Waals surface area contributed by atoms with Crippen LogP contribution in [0.25, 0.3) is 11.3 Å². The largest absolute Gasteiger partial charge is 0.451 e. The summed E-state index contributed by atoms with van der Waals surface area (Å²) in [6, 6.07) is 14.8. The highest BCUT2D eigenvalue weighted by atomic mass is 35.5. The number of halogens is 1. The molecule has 0 aliphatic heterocycles. The quantitative estimate of drug-likeness (QED) is 0.402. The molecule has 1 amide bonds. The molecule has 0 atom stereocenters. The van der Waals surface area contributed by atoms with E-state index >= 15 is 0 Å². The van der Waals surface area contributed by atoms with Crippen molar-refractivity contribution >= 4 is 34.6 Å². The van der Waals surface area contributed by atoms with Gasteiger partial charge in [0.25, 0.3) is 11.6 Å². The summed E-state index contributed by atoms with van der Waals surface area (Å²) in [6.45, 7) is 5.99. The highest BCUT2D eigenvalue weighted by Gasteiger charge is 2.16. The van der Waals surface area contributed by atoms with Crippen LogP contribution in [0.1, 0.15) is 24.4 Å². The number of furan rings is 1. The lowest BCUT2D eigenvalue weighted by molar-refractivity contribution is -0.384. The zero-order valence-electron chi connectivity index (χ0n) is 16.0. The maximum atomic E-state index is 12.5. The van der Waals surface area contributed by atoms with Gasteiger partial charge in [0, 0.05) is 42.2 Å². The molecule has 0 saturated carbocycles. The first kappa shape index (κ1) is 20.4. The van der Waals surface area contributed by atoms with Crippen molar-refractivity contribution in [1.82, 2.24) is 0 Å². The molecular weight excluding hydrogens is 394 g/mol. The maximum Gasteiger partial charge on any atom is 0.291 e. The first-order chi connectivity index (χ1) is 13.9. The summed E-state index contributed by atoms with van der Waals surface area (Å²) < 4.78 is 5.61. The van der Waals surface area contributed by atoms with Gasteiger partial charge < -0.3 is 14.6 Å². The number of non-ortho nitro benzene ring substituents is 1. The number of nitrogens with one attached hydrogen (secondary N) is 1. The molecule has 0 aliphatic rings. The highest BCUT2D eigenvalue weighted by molar-refractivity contribution is 6.33. The van der Waals surface area contributed by atoms with Crippen LogP contribution in [0.3, 0.4) is 0 Å². The average Bonchev–Trinajstić information content (AvgIpc) is 3.20. The van der Waals surface area contributed by atoms with Crippen LogP contribution in [0.4, 0.5) is 17.1 Å². The van der Waals surface area contributed by atoms with Gasteiger partial charge in [0.1, 0.15) is 5.76 Å². The molecule has 0 bridgehead atoms. The number of hydrogen-bond donors (Lipinski definition) is 1. The van der Waals surface area contributed by atoms with E-state index in [1.807, 2.05) is 24.3 Å². The van der Waals surface area contributed by atoms with Crippen LogP contribution in [0.15, 0.2) is 59.0 Å². The highest BCUT2D eigenvalue weighted by Crippen LogP contribution is 2.32. The number of nitrogens with zero attached hydrogens (tertiary/aromatic N) is 2. The summed E-state index contributed by atoms with van der Waals surface area (Å²) in [5.74, 6) is 0.0686. The Bertz CT molecular complexity index is 1030. The number of amides is 1. The zero-order valence-corrected chi connectivity index (χ0v) is 16.8. The van der Waals surface area contributed by atoms with Gasteiger partial charge in [0.05, 0.1) is 9.95 Å². The van der Waals surface area contributed by atoms with Gasteiger partial charge in [-0.3, -0.25) is 14.9 Å². The summed E-state index contributed by atoms with van der Waals surface area (Å²) in [4.78, 5) is 25.0. The number of anilines is 2. The molecule has 7 nitrogen and oxygen atoms in total. The van der Waals surface area contributed by atoms with E-state index in [0.717, 1.165) is 18.8 Å². The number of benzene rings is 2. The molecule has 3 aromatic rings. The minimum absolute atomic E-state index is 0.113. The molecule has 150 valence electrons. The molecule has 0 radical (unpaired) electrons. The SMILES string of the molecule is CCN(CC)c1ccc(NC(=O)c2ccc(-c3ccc([N+](=O)[O-])cc3Cl)o2)cc1. The molecule has 1 aromatic heterocycles. The number of rotatable bonds is 7. The van der Waals surface area contributed by atoms with Crippen molar-refractivity contribution in [3.63, 3.8) is 0 Å². The second-order valence-electron chi connectivity index (χ2n) is 6.26. The Morgan fingerprint density at radius 3 is 2.38 bits per heavy atom. The van der Waals surface area contributed by atoms with E-state index in [0.29, 0.717) is 17.0 Å². The standard InChI is InChI=1S/C21H20ClN3O4/c1-3-24(4-2)15-7-5-14(6-8-15)23-21(26)20-12-11-19(29-20)17-10-9-16(25(27)28)13-18(17)22/h5-13H,3-4H2,1-2H3,(H,23,26). The van der Waals surface area contributed by atoms with Crippen LogP contribution >= 0.6 is 11.6 Å². The van der Waals surface area contributed by atoms with E-state index in [1.165, 1.54) is 24.3 Å². The van der Waals surface area contributed by atoms with Gasteiger partial charge in [-0.2, -0.15) is 0 Å². The van der Waals surface area contributed by atoms with Crippen LogP contribution in [0.5, 0.6) is 0 Å². The van der Waals surface area contributed by atoms with Gasteiger partial charge in [0.2, 0.25) is 0 Å². The van der Waals surface area contributed by atoms with E-state index in [4.69, 9.17) is 16.0 Å².